The number of aryl methyl sites for hydroxylation is 1. The van der Waals surface area contributed by atoms with Gasteiger partial charge in [0.2, 0.25) is 0 Å². The van der Waals surface area contributed by atoms with E-state index in [9.17, 15) is 13.0 Å². The second-order valence-electron chi connectivity index (χ2n) is 12.4. The monoisotopic (exact) mass is 566 g/mol. The molecule has 0 amide bonds. The first-order valence-electron chi connectivity index (χ1n) is 14.4. The number of halogens is 2. The van der Waals surface area contributed by atoms with Gasteiger partial charge in [-0.1, -0.05) is 0 Å². The molecule has 2 N–H and O–H groups in total. The van der Waals surface area contributed by atoms with Gasteiger partial charge in [0.1, 0.15) is 12.1 Å². The topological polar surface area (TPSA) is 85.2 Å². The van der Waals surface area contributed by atoms with Crippen molar-refractivity contribution in [1.29, 1.82) is 4.78 Å². The van der Waals surface area contributed by atoms with E-state index in [0.29, 0.717) is 34.7 Å². The number of hydrogen-bond donors (Lipinski definition) is 2. The minimum atomic E-state index is -2.90. The van der Waals surface area contributed by atoms with Crippen molar-refractivity contribution in [1.82, 2.24) is 9.97 Å². The summed E-state index contributed by atoms with van der Waals surface area (Å²) in [4.78, 5) is 14.2. The zero-order valence-corrected chi connectivity index (χ0v) is 23.7. The van der Waals surface area contributed by atoms with Gasteiger partial charge in [-0.3, -0.25) is 0 Å². The summed E-state index contributed by atoms with van der Waals surface area (Å²) in [5.41, 5.74) is 4.92. The highest BCUT2D eigenvalue weighted by atomic mass is 32.2. The molecule has 4 fully saturated rings. The van der Waals surface area contributed by atoms with Crippen LogP contribution in [0.5, 0.6) is 0 Å². The highest BCUT2D eigenvalue weighted by Gasteiger charge is 2.45. The van der Waals surface area contributed by atoms with Gasteiger partial charge in [0.25, 0.3) is 5.92 Å². The highest BCUT2D eigenvalue weighted by Crippen LogP contribution is 2.54. The molecule has 212 valence electrons. The van der Waals surface area contributed by atoms with Crippen LogP contribution in [-0.2, 0) is 9.73 Å². The molecule has 2 aliphatic heterocycles. The molecule has 2 saturated carbocycles. The minimum absolute atomic E-state index is 0.0752. The highest BCUT2D eigenvalue weighted by molar-refractivity contribution is 7.93. The van der Waals surface area contributed by atoms with Crippen molar-refractivity contribution >= 4 is 43.5 Å². The van der Waals surface area contributed by atoms with Crippen LogP contribution in [0.4, 0.5) is 31.7 Å². The van der Waals surface area contributed by atoms with Gasteiger partial charge in [0, 0.05) is 55.6 Å². The molecule has 3 aromatic rings. The predicted molar refractivity (Wildman–Crippen MR) is 156 cm³/mol. The summed E-state index contributed by atoms with van der Waals surface area (Å²) in [5, 5.41) is 4.30. The van der Waals surface area contributed by atoms with Crippen LogP contribution in [0.25, 0.3) is 10.9 Å². The van der Waals surface area contributed by atoms with Gasteiger partial charge in [0.15, 0.2) is 0 Å². The molecule has 3 heterocycles. The van der Waals surface area contributed by atoms with Crippen molar-refractivity contribution in [2.24, 2.45) is 5.41 Å². The molecule has 1 aromatic heterocycles. The summed E-state index contributed by atoms with van der Waals surface area (Å²) < 4.78 is 49.8. The van der Waals surface area contributed by atoms with E-state index in [-0.39, 0.29) is 18.1 Å². The average molecular weight is 567 g/mol. The lowest BCUT2D eigenvalue weighted by molar-refractivity contribution is -0.0220. The maximum atomic E-state index is 13.8. The number of anilines is 4. The SMILES string of the molecule is Cc1cc(Nc2ncnc3cc([S@](=N)(=O)C4CC4)cc(N4CCC5(CC4)CC5)c23)cc(N2CCC(F)(F)CC2)c1. The third-order valence-electron chi connectivity index (χ3n) is 9.34. The van der Waals surface area contributed by atoms with Gasteiger partial charge in [-0.15, -0.1) is 0 Å². The van der Waals surface area contributed by atoms with Crippen LogP contribution in [0.1, 0.15) is 56.9 Å². The van der Waals surface area contributed by atoms with E-state index in [1.165, 1.54) is 19.2 Å². The fourth-order valence-corrected chi connectivity index (χ4v) is 8.16. The maximum Gasteiger partial charge on any atom is 0.251 e. The zero-order valence-electron chi connectivity index (χ0n) is 22.9. The molecule has 7 nitrogen and oxygen atoms in total. The van der Waals surface area contributed by atoms with Crippen molar-refractivity contribution in [3.8, 4) is 0 Å². The van der Waals surface area contributed by atoms with E-state index in [4.69, 9.17) is 4.78 Å². The summed E-state index contributed by atoms with van der Waals surface area (Å²) >= 11 is 0. The number of nitrogens with one attached hydrogen (secondary N) is 2. The molecule has 0 unspecified atom stereocenters. The Bertz CT molecular complexity index is 1560. The van der Waals surface area contributed by atoms with Crippen molar-refractivity contribution in [3.63, 3.8) is 0 Å². The number of benzene rings is 2. The lowest BCUT2D eigenvalue weighted by atomic mass is 9.93. The Morgan fingerprint density at radius 1 is 0.925 bits per heavy atom. The maximum absolute atomic E-state index is 13.8. The van der Waals surface area contributed by atoms with Crippen LogP contribution in [0.15, 0.2) is 41.6 Å². The summed E-state index contributed by atoms with van der Waals surface area (Å²) in [5.74, 6) is -1.94. The molecular formula is C30H36F2N6OS. The van der Waals surface area contributed by atoms with Gasteiger partial charge in [-0.05, 0) is 86.8 Å². The molecule has 2 aromatic carbocycles. The number of aromatic nitrogens is 2. The van der Waals surface area contributed by atoms with Gasteiger partial charge in [-0.2, -0.15) is 0 Å². The van der Waals surface area contributed by atoms with E-state index < -0.39 is 15.7 Å². The first-order chi connectivity index (χ1) is 19.1. The third kappa shape index (κ3) is 4.88. The summed E-state index contributed by atoms with van der Waals surface area (Å²) in [7, 11) is -2.90. The van der Waals surface area contributed by atoms with Crippen molar-refractivity contribution in [3.05, 3.63) is 42.2 Å². The van der Waals surface area contributed by atoms with E-state index in [0.717, 1.165) is 66.8 Å². The molecule has 1 atom stereocenters. The Morgan fingerprint density at radius 2 is 1.62 bits per heavy atom. The van der Waals surface area contributed by atoms with Crippen LogP contribution in [0.2, 0.25) is 0 Å². The molecule has 7 rings (SSSR count). The molecule has 2 aliphatic carbocycles. The van der Waals surface area contributed by atoms with Crippen molar-refractivity contribution < 1.29 is 13.0 Å². The van der Waals surface area contributed by atoms with Gasteiger partial charge in [0.05, 0.1) is 31.2 Å². The lowest BCUT2D eigenvalue weighted by Crippen LogP contribution is -2.39. The fraction of sp³-hybridized carbons (Fsp3) is 0.533. The van der Waals surface area contributed by atoms with E-state index >= 15 is 0 Å². The predicted octanol–water partition coefficient (Wildman–Crippen LogP) is 6.87. The van der Waals surface area contributed by atoms with Crippen LogP contribution in [0.3, 0.4) is 0 Å². The Balaban J connectivity index is 1.27. The Hall–Kier alpha value is -3.01. The quantitative estimate of drug-likeness (QED) is 0.339. The summed E-state index contributed by atoms with van der Waals surface area (Å²) in [6.07, 6.45) is 7.82. The van der Waals surface area contributed by atoms with Crippen molar-refractivity contribution in [2.45, 2.75) is 74.4 Å². The van der Waals surface area contributed by atoms with Gasteiger partial charge < -0.3 is 15.1 Å². The van der Waals surface area contributed by atoms with Gasteiger partial charge >= 0.3 is 0 Å². The first kappa shape index (κ1) is 25.9. The van der Waals surface area contributed by atoms with Crippen LogP contribution in [0, 0.1) is 17.1 Å². The molecule has 10 heteroatoms. The smallest absolute Gasteiger partial charge is 0.251 e. The average Bonchev–Trinajstić information content (AvgIpc) is 3.85. The van der Waals surface area contributed by atoms with Crippen LogP contribution >= 0.6 is 0 Å². The molecule has 0 bridgehead atoms. The molecule has 0 radical (unpaired) electrons. The molecular weight excluding hydrogens is 530 g/mol. The van der Waals surface area contributed by atoms with Crippen molar-refractivity contribution in [2.75, 3.05) is 41.3 Å². The second-order valence-corrected chi connectivity index (χ2v) is 14.7. The number of hydrogen-bond acceptors (Lipinski definition) is 7. The summed E-state index contributed by atoms with van der Waals surface area (Å²) in [6.45, 7) is 4.49. The van der Waals surface area contributed by atoms with Crippen LogP contribution in [-0.4, -0.2) is 51.5 Å². The molecule has 40 heavy (non-hydrogen) atoms. The zero-order chi connectivity index (χ0) is 27.7. The minimum Gasteiger partial charge on any atom is -0.371 e. The number of piperidine rings is 2. The number of alkyl halides is 2. The second kappa shape index (κ2) is 9.26. The first-order valence-corrected chi connectivity index (χ1v) is 16.1. The number of rotatable bonds is 6. The fourth-order valence-electron chi connectivity index (χ4n) is 6.40. The van der Waals surface area contributed by atoms with Gasteiger partial charge in [-0.25, -0.2) is 27.7 Å². The Labute approximate surface area is 234 Å². The third-order valence-corrected chi connectivity index (χ3v) is 11.7. The van der Waals surface area contributed by atoms with Crippen LogP contribution < -0.4 is 15.1 Å². The standard InChI is InChI=1S/C30H36F2N6OS/c1-20-14-21(16-22(15-20)37-12-8-30(31,32)9-13-37)36-28-27-25(34-19-35-28)17-24(40(33,39)23-2-3-23)18-26(27)38-10-6-29(4-5-29)7-11-38/h14-19,23,33H,2-13H2,1H3,(H,34,35,36)/t40-/m1/s1. The van der Waals surface area contributed by atoms with E-state index in [2.05, 4.69) is 20.2 Å². The molecule has 2 saturated heterocycles. The largest absolute Gasteiger partial charge is 0.371 e. The lowest BCUT2D eigenvalue weighted by Gasteiger charge is -2.35. The Kier molecular flexibility index (Phi) is 6.00. The molecule has 4 aliphatic rings. The normalized spacial score (nSPS) is 23.3. The number of fused-ring (bicyclic) bond motifs is 1. The summed E-state index contributed by atoms with van der Waals surface area (Å²) in [6, 6.07) is 9.85. The van der Waals surface area contributed by atoms with E-state index in [1.54, 1.807) is 0 Å². The van der Waals surface area contributed by atoms with E-state index in [1.807, 2.05) is 42.2 Å². The number of nitrogens with zero attached hydrogens (tertiary/aromatic N) is 4. The molecule has 1 spiro atoms. The Morgan fingerprint density at radius 3 is 2.30 bits per heavy atom.